The third kappa shape index (κ3) is 1.07. The largest absolute Gasteiger partial charge is 0.351 e. The maximum atomic E-state index is 10.5. The number of hydrogen-bond acceptors (Lipinski definition) is 3. The zero-order chi connectivity index (χ0) is 7.56. The quantitative estimate of drug-likeness (QED) is 0.534. The number of hydrogen-bond donors (Lipinski definition) is 1. The van der Waals surface area contributed by atoms with Crippen molar-refractivity contribution in [2.45, 2.75) is 19.0 Å². The van der Waals surface area contributed by atoms with Gasteiger partial charge in [-0.25, -0.2) is 4.79 Å². The molecule has 10 heavy (non-hydrogen) atoms. The van der Waals surface area contributed by atoms with Crippen molar-refractivity contribution in [1.82, 2.24) is 4.90 Å². The minimum atomic E-state index is -0.554. The molecule has 1 aliphatic heterocycles. The Morgan fingerprint density at radius 1 is 1.70 bits per heavy atom. The van der Waals surface area contributed by atoms with Crippen molar-refractivity contribution in [3.8, 4) is 0 Å². The number of rotatable bonds is 1. The van der Waals surface area contributed by atoms with Crippen LogP contribution in [-0.2, 0) is 0 Å². The highest BCUT2D eigenvalue weighted by atomic mass is 16.3. The second-order valence-electron chi connectivity index (χ2n) is 2.26. The summed E-state index contributed by atoms with van der Waals surface area (Å²) < 4.78 is 0. The van der Waals surface area contributed by atoms with Gasteiger partial charge < -0.3 is 5.73 Å². The molecule has 2 amide bonds. The van der Waals surface area contributed by atoms with Gasteiger partial charge in [-0.05, 0) is 18.0 Å². The zero-order valence-corrected chi connectivity index (χ0v) is 5.49. The van der Waals surface area contributed by atoms with E-state index in [-0.39, 0.29) is 0 Å². The normalized spacial score (nSPS) is 24.8. The van der Waals surface area contributed by atoms with Gasteiger partial charge in [0, 0.05) is 6.54 Å². The van der Waals surface area contributed by atoms with Crippen molar-refractivity contribution in [2.24, 2.45) is 10.9 Å². The van der Waals surface area contributed by atoms with Crippen LogP contribution in [0.3, 0.4) is 0 Å². The van der Waals surface area contributed by atoms with Gasteiger partial charge in [-0.2, -0.15) is 0 Å². The number of carbonyl (C=O) groups excluding carboxylic acids is 1. The lowest BCUT2D eigenvalue weighted by Gasteiger charge is -2.14. The van der Waals surface area contributed by atoms with Crippen LogP contribution in [0.15, 0.2) is 5.18 Å². The molecule has 1 fully saturated rings. The number of carbonyl (C=O) groups is 1. The first kappa shape index (κ1) is 6.98. The summed E-state index contributed by atoms with van der Waals surface area (Å²) in [4.78, 5) is 21.8. The lowest BCUT2D eigenvalue weighted by atomic mass is 10.3. The van der Waals surface area contributed by atoms with E-state index in [1.807, 2.05) is 0 Å². The molecule has 0 aromatic rings. The van der Waals surface area contributed by atoms with Crippen LogP contribution in [0.1, 0.15) is 12.8 Å². The summed E-state index contributed by atoms with van der Waals surface area (Å²) >= 11 is 0. The van der Waals surface area contributed by atoms with Crippen molar-refractivity contribution in [2.75, 3.05) is 6.54 Å². The Labute approximate surface area is 58.1 Å². The van der Waals surface area contributed by atoms with E-state index in [0.29, 0.717) is 13.0 Å². The molecule has 0 radical (unpaired) electrons. The fourth-order valence-electron chi connectivity index (χ4n) is 1.12. The molecule has 1 atom stereocenters. The smallest absolute Gasteiger partial charge is 0.316 e. The van der Waals surface area contributed by atoms with Crippen LogP contribution in [0.4, 0.5) is 4.79 Å². The van der Waals surface area contributed by atoms with Gasteiger partial charge in [-0.3, -0.25) is 4.90 Å². The number of primary amides is 1. The second-order valence-corrected chi connectivity index (χ2v) is 2.26. The summed E-state index contributed by atoms with van der Waals surface area (Å²) in [5.74, 6) is 0. The van der Waals surface area contributed by atoms with Crippen molar-refractivity contribution >= 4 is 6.03 Å². The van der Waals surface area contributed by atoms with Crippen LogP contribution in [0.2, 0.25) is 0 Å². The van der Waals surface area contributed by atoms with Gasteiger partial charge in [0.25, 0.3) is 0 Å². The highest BCUT2D eigenvalue weighted by Crippen LogP contribution is 2.16. The van der Waals surface area contributed by atoms with Crippen LogP contribution in [-0.4, -0.2) is 23.6 Å². The molecular formula is C5H9N3O2. The zero-order valence-electron chi connectivity index (χ0n) is 5.49. The molecule has 5 heteroatoms. The monoisotopic (exact) mass is 143 g/mol. The lowest BCUT2D eigenvalue weighted by Crippen LogP contribution is -2.38. The Balaban J connectivity index is 2.58. The summed E-state index contributed by atoms with van der Waals surface area (Å²) in [6.45, 7) is 0.561. The number of likely N-dealkylation sites (tertiary alicyclic amines) is 1. The molecule has 0 aliphatic carbocycles. The number of nitrogens with zero attached hydrogens (tertiary/aromatic N) is 2. The van der Waals surface area contributed by atoms with E-state index in [1.54, 1.807) is 0 Å². The molecule has 5 nitrogen and oxygen atoms in total. The van der Waals surface area contributed by atoms with Crippen LogP contribution in [0.25, 0.3) is 0 Å². The third-order valence-corrected chi connectivity index (χ3v) is 1.63. The Kier molecular flexibility index (Phi) is 1.84. The van der Waals surface area contributed by atoms with Gasteiger partial charge in [-0.1, -0.05) is 0 Å². The molecule has 1 rings (SSSR count). The predicted octanol–water partition coefficient (Wildman–Crippen LogP) is 0.253. The molecule has 0 spiro atoms. The highest BCUT2D eigenvalue weighted by molar-refractivity contribution is 5.72. The topological polar surface area (TPSA) is 75.8 Å². The summed E-state index contributed by atoms with van der Waals surface area (Å²) in [5, 5.41) is 2.77. The van der Waals surface area contributed by atoms with Crippen LogP contribution in [0, 0.1) is 4.91 Å². The van der Waals surface area contributed by atoms with Crippen LogP contribution >= 0.6 is 0 Å². The maximum Gasteiger partial charge on any atom is 0.316 e. The molecule has 2 N–H and O–H groups in total. The van der Waals surface area contributed by atoms with Crippen molar-refractivity contribution in [3.63, 3.8) is 0 Å². The SMILES string of the molecule is NC(=O)N1CCCC1N=O. The van der Waals surface area contributed by atoms with E-state index in [9.17, 15) is 9.70 Å². The number of amides is 2. The van der Waals surface area contributed by atoms with E-state index in [4.69, 9.17) is 5.73 Å². The molecule has 1 saturated heterocycles. The van der Waals surface area contributed by atoms with Gasteiger partial charge in [0.2, 0.25) is 0 Å². The van der Waals surface area contributed by atoms with Crippen molar-refractivity contribution in [3.05, 3.63) is 4.91 Å². The van der Waals surface area contributed by atoms with E-state index >= 15 is 0 Å². The standard InChI is InChI=1S/C5H9N3O2/c6-5(9)8-3-1-2-4(8)7-10/h4H,1-3H2,(H2,6,9). The Morgan fingerprint density at radius 3 is 2.80 bits per heavy atom. The molecule has 0 aromatic heterocycles. The van der Waals surface area contributed by atoms with E-state index < -0.39 is 12.2 Å². The summed E-state index contributed by atoms with van der Waals surface area (Å²) in [6, 6.07) is -0.554. The van der Waals surface area contributed by atoms with Gasteiger partial charge in [0.1, 0.15) is 0 Å². The molecule has 1 aliphatic rings. The summed E-state index contributed by atoms with van der Waals surface area (Å²) in [7, 11) is 0. The van der Waals surface area contributed by atoms with Crippen molar-refractivity contribution < 1.29 is 4.79 Å². The van der Waals surface area contributed by atoms with Crippen molar-refractivity contribution in [1.29, 1.82) is 0 Å². The highest BCUT2D eigenvalue weighted by Gasteiger charge is 2.27. The number of urea groups is 1. The molecule has 56 valence electrons. The third-order valence-electron chi connectivity index (χ3n) is 1.63. The molecule has 0 bridgehead atoms. The number of nitroso groups, excluding NO2 is 1. The average Bonchev–Trinajstić information content (AvgIpc) is 2.33. The first-order chi connectivity index (χ1) is 4.75. The van der Waals surface area contributed by atoms with Gasteiger partial charge >= 0.3 is 6.03 Å². The minimum Gasteiger partial charge on any atom is -0.351 e. The Hall–Kier alpha value is -1.13. The van der Waals surface area contributed by atoms with Crippen LogP contribution in [0.5, 0.6) is 0 Å². The Morgan fingerprint density at radius 2 is 2.40 bits per heavy atom. The average molecular weight is 143 g/mol. The van der Waals surface area contributed by atoms with Crippen LogP contribution < -0.4 is 5.73 Å². The summed E-state index contributed by atoms with van der Waals surface area (Å²) in [6.07, 6.45) is 0.948. The van der Waals surface area contributed by atoms with Gasteiger partial charge in [0.15, 0.2) is 6.17 Å². The van der Waals surface area contributed by atoms with Gasteiger partial charge in [0.05, 0.1) is 0 Å². The van der Waals surface area contributed by atoms with E-state index in [2.05, 4.69) is 5.18 Å². The second kappa shape index (κ2) is 2.64. The van der Waals surface area contributed by atoms with E-state index in [1.165, 1.54) is 4.90 Å². The first-order valence-electron chi connectivity index (χ1n) is 3.14. The molecule has 1 heterocycles. The predicted molar refractivity (Wildman–Crippen MR) is 35.1 cm³/mol. The Bertz CT molecular complexity index is 159. The molecule has 1 unspecified atom stereocenters. The molecule has 0 aromatic carbocycles. The fraction of sp³-hybridized carbons (Fsp3) is 0.800. The molecular weight excluding hydrogens is 134 g/mol. The maximum absolute atomic E-state index is 10.5. The number of nitrogens with two attached hydrogens (primary N) is 1. The fourth-order valence-corrected chi connectivity index (χ4v) is 1.12. The minimum absolute atomic E-state index is 0.516. The van der Waals surface area contributed by atoms with Gasteiger partial charge in [-0.15, -0.1) is 4.91 Å². The summed E-state index contributed by atoms with van der Waals surface area (Å²) in [5.41, 5.74) is 4.95. The first-order valence-corrected chi connectivity index (χ1v) is 3.14. The lowest BCUT2D eigenvalue weighted by molar-refractivity contribution is 0.204. The molecule has 0 saturated carbocycles. The van der Waals surface area contributed by atoms with E-state index in [0.717, 1.165) is 6.42 Å².